The van der Waals surface area contributed by atoms with E-state index in [-0.39, 0.29) is 0 Å². The van der Waals surface area contributed by atoms with Crippen molar-refractivity contribution >= 4 is 0 Å². The molecule has 1 fully saturated rings. The van der Waals surface area contributed by atoms with Crippen molar-refractivity contribution in [3.63, 3.8) is 0 Å². The number of rotatable bonds is 4. The Kier molecular flexibility index (Phi) is 3.63. The standard InChI is InChI=1S/C13H22O/c1-2-9-14-10-13-11-7-5-3-4-6-8-12(11)13/h3-4,11-13H,2,5-10H2,1H3/b4-3+. The normalized spacial score (nSPS) is 38.2. The second-order valence-electron chi connectivity index (χ2n) is 4.69. The maximum atomic E-state index is 5.66. The van der Waals surface area contributed by atoms with Crippen LogP contribution in [0.1, 0.15) is 39.0 Å². The van der Waals surface area contributed by atoms with E-state index in [0.29, 0.717) is 0 Å². The molecule has 1 nitrogen and oxygen atoms in total. The van der Waals surface area contributed by atoms with E-state index in [1.165, 1.54) is 25.7 Å². The first kappa shape index (κ1) is 10.2. The zero-order chi connectivity index (χ0) is 9.80. The summed E-state index contributed by atoms with van der Waals surface area (Å²) in [5.74, 6) is 2.90. The minimum absolute atomic E-state index is 0.904. The second-order valence-corrected chi connectivity index (χ2v) is 4.69. The molecule has 2 aliphatic rings. The van der Waals surface area contributed by atoms with E-state index in [2.05, 4.69) is 19.1 Å². The van der Waals surface area contributed by atoms with E-state index in [1.54, 1.807) is 0 Å². The lowest BCUT2D eigenvalue weighted by molar-refractivity contribution is 0.118. The Hall–Kier alpha value is -0.300. The van der Waals surface area contributed by atoms with Crippen molar-refractivity contribution in [3.05, 3.63) is 12.2 Å². The van der Waals surface area contributed by atoms with E-state index in [1.807, 2.05) is 0 Å². The van der Waals surface area contributed by atoms with Crippen LogP contribution in [-0.2, 0) is 4.74 Å². The molecular weight excluding hydrogens is 172 g/mol. The van der Waals surface area contributed by atoms with Crippen LogP contribution < -0.4 is 0 Å². The first-order valence-electron chi connectivity index (χ1n) is 6.16. The quantitative estimate of drug-likeness (QED) is 0.492. The summed E-state index contributed by atoms with van der Waals surface area (Å²) in [6, 6.07) is 0. The fourth-order valence-corrected chi connectivity index (χ4v) is 2.80. The van der Waals surface area contributed by atoms with Crippen LogP contribution in [0.2, 0.25) is 0 Å². The van der Waals surface area contributed by atoms with Gasteiger partial charge < -0.3 is 4.74 Å². The third-order valence-electron chi connectivity index (χ3n) is 3.67. The lowest BCUT2D eigenvalue weighted by atomic mass is 10.1. The van der Waals surface area contributed by atoms with Gasteiger partial charge in [-0.1, -0.05) is 19.1 Å². The van der Waals surface area contributed by atoms with Gasteiger partial charge in [0, 0.05) is 13.2 Å². The highest BCUT2D eigenvalue weighted by molar-refractivity contribution is 5.01. The van der Waals surface area contributed by atoms with Crippen molar-refractivity contribution in [3.8, 4) is 0 Å². The highest BCUT2D eigenvalue weighted by atomic mass is 16.5. The number of hydrogen-bond acceptors (Lipinski definition) is 1. The lowest BCUT2D eigenvalue weighted by Crippen LogP contribution is -1.99. The van der Waals surface area contributed by atoms with E-state index < -0.39 is 0 Å². The van der Waals surface area contributed by atoms with Gasteiger partial charge in [-0.3, -0.25) is 0 Å². The molecule has 0 amide bonds. The topological polar surface area (TPSA) is 9.23 Å². The monoisotopic (exact) mass is 194 g/mol. The molecule has 80 valence electrons. The molecule has 0 aromatic heterocycles. The van der Waals surface area contributed by atoms with Gasteiger partial charge in [0.2, 0.25) is 0 Å². The molecule has 0 saturated heterocycles. The van der Waals surface area contributed by atoms with Crippen LogP contribution in [0.5, 0.6) is 0 Å². The maximum absolute atomic E-state index is 5.66. The van der Waals surface area contributed by atoms with E-state index in [0.717, 1.165) is 37.4 Å². The van der Waals surface area contributed by atoms with Crippen LogP contribution >= 0.6 is 0 Å². The fraction of sp³-hybridized carbons (Fsp3) is 0.846. The first-order chi connectivity index (χ1) is 6.93. The molecule has 1 saturated carbocycles. The summed E-state index contributed by atoms with van der Waals surface area (Å²) in [6.07, 6.45) is 11.3. The Bertz CT molecular complexity index is 181. The first-order valence-corrected chi connectivity index (χ1v) is 6.16. The van der Waals surface area contributed by atoms with Gasteiger partial charge in [-0.25, -0.2) is 0 Å². The summed E-state index contributed by atoms with van der Waals surface area (Å²) in [5.41, 5.74) is 0. The van der Waals surface area contributed by atoms with Gasteiger partial charge in [0.15, 0.2) is 0 Å². The average Bonchev–Trinajstić information content (AvgIpc) is 2.76. The molecule has 2 aliphatic carbocycles. The Morgan fingerprint density at radius 2 is 1.79 bits per heavy atom. The van der Waals surface area contributed by atoms with Gasteiger partial charge in [-0.05, 0) is 49.9 Å². The van der Waals surface area contributed by atoms with Crippen LogP contribution in [0, 0.1) is 17.8 Å². The molecule has 0 aromatic carbocycles. The highest BCUT2D eigenvalue weighted by Gasteiger charge is 2.48. The zero-order valence-corrected chi connectivity index (χ0v) is 9.24. The third-order valence-corrected chi connectivity index (χ3v) is 3.67. The van der Waals surface area contributed by atoms with Crippen molar-refractivity contribution in [1.29, 1.82) is 0 Å². The molecule has 2 rings (SSSR count). The second kappa shape index (κ2) is 4.97. The number of allylic oxidation sites excluding steroid dienone is 2. The average molecular weight is 194 g/mol. The lowest BCUT2D eigenvalue weighted by Gasteiger charge is -2.00. The minimum atomic E-state index is 0.904. The molecule has 0 heterocycles. The van der Waals surface area contributed by atoms with Crippen molar-refractivity contribution in [2.24, 2.45) is 17.8 Å². The van der Waals surface area contributed by atoms with E-state index in [4.69, 9.17) is 4.74 Å². The summed E-state index contributed by atoms with van der Waals surface area (Å²) in [4.78, 5) is 0. The highest BCUT2D eigenvalue weighted by Crippen LogP contribution is 2.52. The third kappa shape index (κ3) is 2.38. The molecule has 0 bridgehead atoms. The summed E-state index contributed by atoms with van der Waals surface area (Å²) >= 11 is 0. The molecule has 2 atom stereocenters. The van der Waals surface area contributed by atoms with Crippen LogP contribution in [0.3, 0.4) is 0 Å². The van der Waals surface area contributed by atoms with Gasteiger partial charge in [0.25, 0.3) is 0 Å². The van der Waals surface area contributed by atoms with Crippen molar-refractivity contribution in [2.75, 3.05) is 13.2 Å². The Balaban J connectivity index is 1.71. The minimum Gasteiger partial charge on any atom is -0.381 e. The molecular formula is C13H22O. The van der Waals surface area contributed by atoms with Crippen molar-refractivity contribution < 1.29 is 4.74 Å². The smallest absolute Gasteiger partial charge is 0.0499 e. The number of fused-ring (bicyclic) bond motifs is 1. The van der Waals surface area contributed by atoms with Crippen LogP contribution in [0.4, 0.5) is 0 Å². The van der Waals surface area contributed by atoms with Crippen LogP contribution in [-0.4, -0.2) is 13.2 Å². The van der Waals surface area contributed by atoms with Gasteiger partial charge in [-0.2, -0.15) is 0 Å². The summed E-state index contributed by atoms with van der Waals surface area (Å²) < 4.78 is 5.66. The molecule has 2 unspecified atom stereocenters. The number of ether oxygens (including phenoxy) is 1. The summed E-state index contributed by atoms with van der Waals surface area (Å²) in [5, 5.41) is 0. The largest absolute Gasteiger partial charge is 0.381 e. The molecule has 14 heavy (non-hydrogen) atoms. The van der Waals surface area contributed by atoms with Crippen molar-refractivity contribution in [1.82, 2.24) is 0 Å². The summed E-state index contributed by atoms with van der Waals surface area (Å²) in [6.45, 7) is 4.16. The predicted molar refractivity (Wildman–Crippen MR) is 59.2 cm³/mol. The van der Waals surface area contributed by atoms with E-state index >= 15 is 0 Å². The maximum Gasteiger partial charge on any atom is 0.0499 e. The molecule has 0 aromatic rings. The molecule has 0 radical (unpaired) electrons. The van der Waals surface area contributed by atoms with Gasteiger partial charge in [0.05, 0.1) is 0 Å². The number of hydrogen-bond donors (Lipinski definition) is 0. The van der Waals surface area contributed by atoms with Crippen LogP contribution in [0.25, 0.3) is 0 Å². The molecule has 0 aliphatic heterocycles. The Morgan fingerprint density at radius 3 is 2.36 bits per heavy atom. The zero-order valence-electron chi connectivity index (χ0n) is 9.24. The van der Waals surface area contributed by atoms with Gasteiger partial charge in [-0.15, -0.1) is 0 Å². The molecule has 0 N–H and O–H groups in total. The van der Waals surface area contributed by atoms with Gasteiger partial charge in [0.1, 0.15) is 0 Å². The fourth-order valence-electron chi connectivity index (χ4n) is 2.80. The SMILES string of the molecule is CCCOCC1C2CC/C=C/CCC21. The predicted octanol–water partition coefficient (Wildman–Crippen LogP) is 3.41. The summed E-state index contributed by atoms with van der Waals surface area (Å²) in [7, 11) is 0. The molecule has 0 spiro atoms. The Morgan fingerprint density at radius 1 is 1.14 bits per heavy atom. The van der Waals surface area contributed by atoms with E-state index in [9.17, 15) is 0 Å². The van der Waals surface area contributed by atoms with Crippen LogP contribution in [0.15, 0.2) is 12.2 Å². The van der Waals surface area contributed by atoms with Gasteiger partial charge >= 0.3 is 0 Å². The Labute approximate surface area is 87.5 Å². The molecule has 1 heteroatoms. The van der Waals surface area contributed by atoms with Crippen molar-refractivity contribution in [2.45, 2.75) is 39.0 Å².